The Morgan fingerprint density at radius 1 is 1.40 bits per heavy atom. The average molecular weight is 274 g/mol. The smallest absolute Gasteiger partial charge is 0.245 e. The van der Waals surface area contributed by atoms with Crippen LogP contribution in [0.1, 0.15) is 45.6 Å². The van der Waals surface area contributed by atoms with Crippen molar-refractivity contribution in [2.45, 2.75) is 58.5 Å². The quantitative estimate of drug-likeness (QED) is 0.861. The van der Waals surface area contributed by atoms with Crippen molar-refractivity contribution in [3.63, 3.8) is 0 Å². The van der Waals surface area contributed by atoms with Crippen LogP contribution in [0.3, 0.4) is 0 Å². The van der Waals surface area contributed by atoms with Gasteiger partial charge in [0, 0.05) is 24.7 Å². The van der Waals surface area contributed by atoms with Crippen LogP contribution in [0.25, 0.3) is 0 Å². The number of hydrogen-bond acceptors (Lipinski definition) is 2. The minimum absolute atomic E-state index is 0.0849. The molecule has 0 aromatic heterocycles. The van der Waals surface area contributed by atoms with Crippen LogP contribution in [-0.4, -0.2) is 29.4 Å². The van der Waals surface area contributed by atoms with Gasteiger partial charge in [0.2, 0.25) is 5.91 Å². The minimum atomic E-state index is -0.0849. The van der Waals surface area contributed by atoms with E-state index >= 15 is 0 Å². The van der Waals surface area contributed by atoms with Crippen molar-refractivity contribution in [2.24, 2.45) is 0 Å². The molecule has 0 aliphatic carbocycles. The summed E-state index contributed by atoms with van der Waals surface area (Å²) in [5.41, 5.74) is 2.37. The van der Waals surface area contributed by atoms with Crippen molar-refractivity contribution < 1.29 is 4.79 Å². The lowest BCUT2D eigenvalue weighted by Crippen LogP contribution is -2.46. The summed E-state index contributed by atoms with van der Waals surface area (Å²) in [6.07, 6.45) is 4.03. The monoisotopic (exact) mass is 274 g/mol. The Bertz CT molecular complexity index is 433. The van der Waals surface area contributed by atoms with Gasteiger partial charge in [-0.05, 0) is 31.4 Å². The number of hydrogen-bond donors (Lipinski definition) is 1. The van der Waals surface area contributed by atoms with Gasteiger partial charge in [0.1, 0.15) is 6.04 Å². The highest BCUT2D eigenvalue weighted by molar-refractivity contribution is 5.87. The summed E-state index contributed by atoms with van der Waals surface area (Å²) < 4.78 is 0. The van der Waals surface area contributed by atoms with Crippen LogP contribution in [-0.2, 0) is 11.2 Å². The van der Waals surface area contributed by atoms with Crippen LogP contribution < -0.4 is 5.32 Å². The molecule has 0 spiro atoms. The predicted octanol–water partition coefficient (Wildman–Crippen LogP) is 3.45. The first kappa shape index (κ1) is 14.9. The highest BCUT2D eigenvalue weighted by Crippen LogP contribution is 2.26. The first-order valence-electron chi connectivity index (χ1n) is 7.82. The average Bonchev–Trinajstić information content (AvgIpc) is 2.90. The molecule has 1 heterocycles. The summed E-state index contributed by atoms with van der Waals surface area (Å²) in [7, 11) is 0. The third kappa shape index (κ3) is 3.14. The summed E-state index contributed by atoms with van der Waals surface area (Å²) in [4.78, 5) is 14.8. The van der Waals surface area contributed by atoms with Gasteiger partial charge in [-0.1, -0.05) is 38.5 Å². The molecule has 3 nitrogen and oxygen atoms in total. The van der Waals surface area contributed by atoms with Crippen molar-refractivity contribution in [1.82, 2.24) is 4.90 Å². The number of amides is 1. The maximum atomic E-state index is 12.8. The van der Waals surface area contributed by atoms with E-state index in [9.17, 15) is 4.79 Å². The fraction of sp³-hybridized carbons (Fsp3) is 0.588. The fourth-order valence-corrected chi connectivity index (χ4v) is 2.74. The minimum Gasteiger partial charge on any atom is -0.373 e. The molecule has 1 aromatic carbocycles. The molecule has 3 heteroatoms. The Balaban J connectivity index is 2.06. The first-order valence-corrected chi connectivity index (χ1v) is 7.82. The number of rotatable bonds is 6. The number of carbonyl (C=O) groups excluding carboxylic acids is 1. The number of carbonyl (C=O) groups is 1. The number of nitrogens with zero attached hydrogens (tertiary/aromatic N) is 1. The van der Waals surface area contributed by atoms with Crippen LogP contribution in [0.15, 0.2) is 24.3 Å². The molecular formula is C17H26N2O. The SMILES string of the molecule is CCCCN(C(=O)[C@@H]1Cc2ccccc2N1)C(C)CC. The number of benzene rings is 1. The standard InChI is InChI=1S/C17H26N2O/c1-4-6-11-19(13(3)5-2)17(20)16-12-14-9-7-8-10-15(14)18-16/h7-10,13,16,18H,4-6,11-12H2,1-3H3/t13?,16-/m0/s1. The van der Waals surface area contributed by atoms with E-state index in [1.807, 2.05) is 12.1 Å². The zero-order valence-electron chi connectivity index (χ0n) is 12.9. The van der Waals surface area contributed by atoms with Crippen LogP contribution in [0, 0.1) is 0 Å². The largest absolute Gasteiger partial charge is 0.373 e. The molecule has 1 aromatic rings. The Labute approximate surface area is 122 Å². The van der Waals surface area contributed by atoms with Crippen molar-refractivity contribution in [3.05, 3.63) is 29.8 Å². The Morgan fingerprint density at radius 2 is 2.15 bits per heavy atom. The van der Waals surface area contributed by atoms with Gasteiger partial charge in [-0.15, -0.1) is 0 Å². The second-order valence-corrected chi connectivity index (χ2v) is 5.70. The zero-order chi connectivity index (χ0) is 14.5. The molecule has 20 heavy (non-hydrogen) atoms. The normalized spacial score (nSPS) is 18.2. The van der Waals surface area contributed by atoms with Gasteiger partial charge in [0.25, 0.3) is 0 Å². The van der Waals surface area contributed by atoms with Gasteiger partial charge in [-0.2, -0.15) is 0 Å². The molecule has 0 saturated heterocycles. The molecule has 2 rings (SSSR count). The second kappa shape index (κ2) is 6.78. The van der Waals surface area contributed by atoms with Gasteiger partial charge in [0.05, 0.1) is 0 Å². The number of anilines is 1. The van der Waals surface area contributed by atoms with Crippen molar-refractivity contribution in [2.75, 3.05) is 11.9 Å². The first-order chi connectivity index (χ1) is 9.67. The van der Waals surface area contributed by atoms with Crippen molar-refractivity contribution in [1.29, 1.82) is 0 Å². The number of nitrogens with one attached hydrogen (secondary N) is 1. The molecule has 0 fully saturated rings. The third-order valence-electron chi connectivity index (χ3n) is 4.23. The Morgan fingerprint density at radius 3 is 2.80 bits per heavy atom. The molecule has 2 atom stereocenters. The van der Waals surface area contributed by atoms with Gasteiger partial charge in [-0.3, -0.25) is 4.79 Å². The Hall–Kier alpha value is -1.51. The van der Waals surface area contributed by atoms with Gasteiger partial charge < -0.3 is 10.2 Å². The van der Waals surface area contributed by atoms with E-state index in [2.05, 4.69) is 43.1 Å². The molecule has 0 bridgehead atoms. The third-order valence-corrected chi connectivity index (χ3v) is 4.23. The fourth-order valence-electron chi connectivity index (χ4n) is 2.74. The zero-order valence-corrected chi connectivity index (χ0v) is 12.9. The van der Waals surface area contributed by atoms with Crippen LogP contribution in [0.2, 0.25) is 0 Å². The molecule has 0 saturated carbocycles. The van der Waals surface area contributed by atoms with Crippen LogP contribution in [0.4, 0.5) is 5.69 Å². The summed E-state index contributed by atoms with van der Waals surface area (Å²) in [5.74, 6) is 0.254. The highest BCUT2D eigenvalue weighted by atomic mass is 16.2. The van der Waals surface area contributed by atoms with E-state index in [0.717, 1.165) is 37.9 Å². The topological polar surface area (TPSA) is 32.3 Å². The molecular weight excluding hydrogens is 248 g/mol. The van der Waals surface area contributed by atoms with E-state index in [1.165, 1.54) is 5.56 Å². The lowest BCUT2D eigenvalue weighted by Gasteiger charge is -2.31. The van der Waals surface area contributed by atoms with Crippen molar-refractivity contribution >= 4 is 11.6 Å². The number of unbranched alkanes of at least 4 members (excludes halogenated alkanes) is 1. The van der Waals surface area contributed by atoms with Gasteiger partial charge >= 0.3 is 0 Å². The van der Waals surface area contributed by atoms with Gasteiger partial charge in [-0.25, -0.2) is 0 Å². The second-order valence-electron chi connectivity index (χ2n) is 5.70. The van der Waals surface area contributed by atoms with E-state index < -0.39 is 0 Å². The molecule has 1 aliphatic heterocycles. The maximum Gasteiger partial charge on any atom is 0.245 e. The molecule has 110 valence electrons. The summed E-state index contributed by atoms with van der Waals surface area (Å²) >= 11 is 0. The van der Waals surface area contributed by atoms with E-state index in [1.54, 1.807) is 0 Å². The Kier molecular flexibility index (Phi) is 5.05. The van der Waals surface area contributed by atoms with Crippen LogP contribution in [0.5, 0.6) is 0 Å². The summed E-state index contributed by atoms with van der Waals surface area (Å²) in [6, 6.07) is 8.45. The molecule has 1 N–H and O–H groups in total. The molecule has 1 amide bonds. The molecule has 1 aliphatic rings. The van der Waals surface area contributed by atoms with Crippen LogP contribution >= 0.6 is 0 Å². The predicted molar refractivity (Wildman–Crippen MR) is 83.9 cm³/mol. The van der Waals surface area contributed by atoms with E-state index in [-0.39, 0.29) is 11.9 Å². The van der Waals surface area contributed by atoms with E-state index in [0.29, 0.717) is 6.04 Å². The lowest BCUT2D eigenvalue weighted by atomic mass is 10.1. The van der Waals surface area contributed by atoms with Crippen molar-refractivity contribution in [3.8, 4) is 0 Å². The highest BCUT2D eigenvalue weighted by Gasteiger charge is 2.31. The number of fused-ring (bicyclic) bond motifs is 1. The van der Waals surface area contributed by atoms with Gasteiger partial charge in [0.15, 0.2) is 0 Å². The molecule has 1 unspecified atom stereocenters. The maximum absolute atomic E-state index is 12.8. The number of para-hydroxylation sites is 1. The summed E-state index contributed by atoms with van der Waals surface area (Å²) in [6.45, 7) is 7.34. The van der Waals surface area contributed by atoms with E-state index in [4.69, 9.17) is 0 Å². The lowest BCUT2D eigenvalue weighted by molar-refractivity contribution is -0.134. The molecule has 0 radical (unpaired) electrons. The summed E-state index contributed by atoms with van der Waals surface area (Å²) in [5, 5.41) is 3.38.